The second kappa shape index (κ2) is 13.3. The topological polar surface area (TPSA) is 128 Å². The predicted molar refractivity (Wildman–Crippen MR) is 181 cm³/mol. The number of amides is 2. The minimum absolute atomic E-state index is 0.193. The first-order chi connectivity index (χ1) is 23.8. The van der Waals surface area contributed by atoms with Crippen molar-refractivity contribution < 1.29 is 18.2 Å². The van der Waals surface area contributed by atoms with Crippen molar-refractivity contribution >= 4 is 29.3 Å². The fraction of sp³-hybridized carbons (Fsp3) is 0.417. The molecule has 4 atom stereocenters. The Balaban J connectivity index is 1.06. The quantitative estimate of drug-likeness (QED) is 0.144. The van der Waals surface area contributed by atoms with Crippen molar-refractivity contribution in [2.45, 2.75) is 45.1 Å². The summed E-state index contributed by atoms with van der Waals surface area (Å²) >= 11 is 0. The lowest BCUT2D eigenvalue weighted by atomic mass is 10.1. The molecule has 2 saturated carbocycles. The van der Waals surface area contributed by atoms with Crippen molar-refractivity contribution in [2.75, 3.05) is 29.9 Å². The van der Waals surface area contributed by atoms with E-state index in [2.05, 4.69) is 38.7 Å². The van der Waals surface area contributed by atoms with Crippen LogP contribution in [0.3, 0.4) is 0 Å². The summed E-state index contributed by atoms with van der Waals surface area (Å²) in [6.07, 6.45) is 10.5. The largest absolute Gasteiger partial charge is 0.441 e. The zero-order valence-electron chi connectivity index (χ0n) is 27.6. The van der Waals surface area contributed by atoms with Crippen molar-refractivity contribution in [3.8, 4) is 17.2 Å². The number of fused-ring (bicyclic) bond motifs is 1. The lowest BCUT2D eigenvalue weighted by Gasteiger charge is -2.22. The van der Waals surface area contributed by atoms with E-state index in [0.29, 0.717) is 30.7 Å². The molecule has 13 heteroatoms. The predicted octanol–water partition coefficient (Wildman–Crippen LogP) is 5.78. The molecular formula is C36H39F2N10O+. The third kappa shape index (κ3) is 6.60. The Morgan fingerprint density at radius 2 is 1.82 bits per heavy atom. The summed E-state index contributed by atoms with van der Waals surface area (Å²) in [7, 11) is 1.87. The van der Waals surface area contributed by atoms with Gasteiger partial charge >= 0.3 is 6.03 Å². The van der Waals surface area contributed by atoms with E-state index >= 15 is 0 Å². The van der Waals surface area contributed by atoms with Crippen molar-refractivity contribution in [1.82, 2.24) is 30.0 Å². The van der Waals surface area contributed by atoms with Gasteiger partial charge in [0.25, 0.3) is 11.7 Å². The van der Waals surface area contributed by atoms with Gasteiger partial charge in [-0.05, 0) is 30.9 Å². The Labute approximate surface area is 283 Å². The van der Waals surface area contributed by atoms with Crippen LogP contribution >= 0.6 is 0 Å². The number of aromatic nitrogens is 5. The number of nitrogens with zero attached hydrogens (tertiary/aromatic N) is 8. The van der Waals surface area contributed by atoms with Gasteiger partial charge in [0.2, 0.25) is 5.95 Å². The number of anilines is 2. The lowest BCUT2D eigenvalue weighted by molar-refractivity contribution is -0.337. The van der Waals surface area contributed by atoms with Gasteiger partial charge in [-0.2, -0.15) is 19.9 Å². The van der Waals surface area contributed by atoms with Crippen LogP contribution in [0.4, 0.5) is 31.2 Å². The van der Waals surface area contributed by atoms with Crippen LogP contribution in [0, 0.1) is 35.0 Å². The first-order valence-electron chi connectivity index (χ1n) is 16.9. The minimum Gasteiger partial charge on any atom is -0.354 e. The summed E-state index contributed by atoms with van der Waals surface area (Å²) in [5, 5.41) is 20.2. The molecule has 1 saturated heterocycles. The summed E-state index contributed by atoms with van der Waals surface area (Å²) in [6.45, 7) is 3.52. The van der Waals surface area contributed by atoms with Gasteiger partial charge in [0.05, 0.1) is 36.5 Å². The van der Waals surface area contributed by atoms with Gasteiger partial charge in [-0.25, -0.2) is 18.6 Å². The molecule has 0 radical (unpaired) electrons. The van der Waals surface area contributed by atoms with Crippen molar-refractivity contribution in [2.24, 2.45) is 30.7 Å². The Bertz CT molecular complexity index is 1890. The molecular weight excluding hydrogens is 626 g/mol. The molecule has 2 amide bonds. The number of carbonyl (C=O) groups excluding carboxylic acids is 1. The summed E-state index contributed by atoms with van der Waals surface area (Å²) in [5.74, 6) is -2.13. The number of halogens is 2. The summed E-state index contributed by atoms with van der Waals surface area (Å²) in [6, 6.07) is 15.6. The molecule has 4 aromatic rings. The standard InChI is InChI=1S/C36H38F2N10O/c1-3-8-27-28(11-7-14-40-34-42-18-25(15-39)33(45-34)47-21-29-30(22-47)36(29,37)38)32(27)48(35(49)43-16-23-9-5-4-6-10-23)31-13-12-24(17-41-31)26-19-44-46(2)20-26/h4-6,9-10,12-13,17-20,27-30H,3,7-8,11,14,16,21-22H2,1-2H3,(H-,40,42,43,45,49)/p+1/b48-32-. The highest BCUT2D eigenvalue weighted by molar-refractivity contribution is 6.03. The van der Waals surface area contributed by atoms with Crippen LogP contribution < -0.4 is 15.5 Å². The maximum atomic E-state index is 13.9. The minimum atomic E-state index is -2.61. The molecule has 0 spiro atoms. The van der Waals surface area contributed by atoms with Gasteiger partial charge in [0.1, 0.15) is 17.8 Å². The molecule has 252 valence electrons. The number of pyridine rings is 1. The molecule has 3 aromatic heterocycles. The van der Waals surface area contributed by atoms with Gasteiger partial charge < -0.3 is 10.2 Å². The molecule has 2 aliphatic carbocycles. The highest BCUT2D eigenvalue weighted by Gasteiger charge is 2.72. The molecule has 7 rings (SSSR count). The fourth-order valence-electron chi connectivity index (χ4n) is 7.15. The molecule has 11 nitrogen and oxygen atoms in total. The van der Waals surface area contributed by atoms with E-state index in [1.807, 2.05) is 55.7 Å². The van der Waals surface area contributed by atoms with Crippen molar-refractivity contribution in [3.63, 3.8) is 0 Å². The zero-order valence-corrected chi connectivity index (χ0v) is 27.6. The third-order valence-corrected chi connectivity index (χ3v) is 9.86. The maximum Gasteiger partial charge on any atom is 0.441 e. The normalized spacial score (nSPS) is 22.6. The smallest absolute Gasteiger partial charge is 0.354 e. The molecule has 1 aromatic carbocycles. The van der Waals surface area contributed by atoms with Crippen LogP contribution in [0.5, 0.6) is 0 Å². The molecule has 3 aliphatic rings. The van der Waals surface area contributed by atoms with Gasteiger partial charge in [0.15, 0.2) is 5.82 Å². The monoisotopic (exact) mass is 665 g/mol. The van der Waals surface area contributed by atoms with Gasteiger partial charge in [-0.15, -0.1) is 4.98 Å². The number of hydrogen-bond acceptors (Lipinski definition) is 8. The maximum absolute atomic E-state index is 13.9. The number of piperidine rings is 1. The van der Waals surface area contributed by atoms with Crippen LogP contribution in [0.2, 0.25) is 0 Å². The third-order valence-electron chi connectivity index (χ3n) is 9.86. The van der Waals surface area contributed by atoms with Crippen molar-refractivity contribution in [3.05, 3.63) is 78.4 Å². The highest BCUT2D eigenvalue weighted by Crippen LogP contribution is 2.59. The number of carbonyl (C=O) groups is 1. The Morgan fingerprint density at radius 1 is 1.04 bits per heavy atom. The van der Waals surface area contributed by atoms with E-state index in [1.54, 1.807) is 26.6 Å². The second-order valence-electron chi connectivity index (χ2n) is 13.1. The summed E-state index contributed by atoms with van der Waals surface area (Å²) in [5.41, 5.74) is 4.23. The van der Waals surface area contributed by atoms with E-state index in [4.69, 9.17) is 4.98 Å². The van der Waals surface area contributed by atoms with Crippen LogP contribution in [-0.4, -0.2) is 66.6 Å². The van der Waals surface area contributed by atoms with E-state index in [9.17, 15) is 18.8 Å². The van der Waals surface area contributed by atoms with E-state index in [-0.39, 0.29) is 36.5 Å². The number of aryl methyl sites for hydroxylation is 1. The number of rotatable bonds is 12. The molecule has 49 heavy (non-hydrogen) atoms. The molecule has 0 bridgehead atoms. The number of urea groups is 1. The average Bonchev–Trinajstić information content (AvgIpc) is 3.63. The van der Waals surface area contributed by atoms with E-state index in [0.717, 1.165) is 48.1 Å². The molecule has 3 fully saturated rings. The zero-order chi connectivity index (χ0) is 34.1. The first-order valence-corrected chi connectivity index (χ1v) is 16.9. The average molecular weight is 666 g/mol. The number of hydrogen-bond donors (Lipinski definition) is 2. The molecule has 1 aliphatic heterocycles. The van der Waals surface area contributed by atoms with Gasteiger partial charge in [0, 0.05) is 61.9 Å². The van der Waals surface area contributed by atoms with Crippen LogP contribution in [0.15, 0.2) is 67.3 Å². The Kier molecular flexibility index (Phi) is 8.79. The Hall–Kier alpha value is -5.25. The first kappa shape index (κ1) is 32.3. The summed E-state index contributed by atoms with van der Waals surface area (Å²) in [4.78, 5) is 29.2. The molecule has 4 unspecified atom stereocenters. The fourth-order valence-corrected chi connectivity index (χ4v) is 7.15. The van der Waals surface area contributed by atoms with Gasteiger partial charge in [-0.3, -0.25) is 10.00 Å². The van der Waals surface area contributed by atoms with E-state index in [1.165, 1.54) is 6.20 Å². The van der Waals surface area contributed by atoms with Gasteiger partial charge in [-0.1, -0.05) is 43.7 Å². The van der Waals surface area contributed by atoms with E-state index < -0.39 is 17.8 Å². The number of benzene rings is 1. The lowest BCUT2D eigenvalue weighted by Crippen LogP contribution is -2.32. The Morgan fingerprint density at radius 3 is 2.49 bits per heavy atom. The summed E-state index contributed by atoms with van der Waals surface area (Å²) < 4.78 is 31.1. The number of alkyl halides is 2. The van der Waals surface area contributed by atoms with Crippen LogP contribution in [0.25, 0.3) is 11.1 Å². The molecule has 2 N–H and O–H groups in total. The highest BCUT2D eigenvalue weighted by atomic mass is 19.3. The second-order valence-corrected chi connectivity index (χ2v) is 13.1. The number of nitriles is 1. The van der Waals surface area contributed by atoms with Crippen molar-refractivity contribution in [1.29, 1.82) is 5.26 Å². The molecule has 4 heterocycles. The number of nitrogens with one attached hydrogen (secondary N) is 2. The SMILES string of the molecule is CCCC1/C(=[N+](/C(=O)NCc2ccccc2)c2ccc(-c3cnn(C)c3)cn2)C1CCCNc1ncc(C#N)c(N2CC3C(C2)C3(F)F)n1. The van der Waals surface area contributed by atoms with Crippen LogP contribution in [0.1, 0.15) is 43.7 Å². The van der Waals surface area contributed by atoms with Crippen LogP contribution in [-0.2, 0) is 13.6 Å².